The van der Waals surface area contributed by atoms with Crippen molar-refractivity contribution in [2.45, 2.75) is 39.0 Å². The van der Waals surface area contributed by atoms with E-state index in [1.165, 1.54) is 11.1 Å². The molecule has 0 N–H and O–H groups in total. The number of allylic oxidation sites excluding steroid dienone is 1. The molecular weight excluding hydrogens is 242 g/mol. The standard InChI is InChI=1S/C19H23N/c1-15(18-7-5-6-14-20-18)8-9-16-10-12-17(13-11-16)19(2,3)4/h5-15H,1-4H3. The Hall–Kier alpha value is -1.89. The molecule has 20 heavy (non-hydrogen) atoms. The molecule has 1 atom stereocenters. The average molecular weight is 265 g/mol. The zero-order valence-corrected chi connectivity index (χ0v) is 12.8. The van der Waals surface area contributed by atoms with Crippen LogP contribution in [-0.4, -0.2) is 4.98 Å². The van der Waals surface area contributed by atoms with Gasteiger partial charge in [-0.1, -0.05) is 70.2 Å². The summed E-state index contributed by atoms with van der Waals surface area (Å²) in [5.74, 6) is 0.332. The van der Waals surface area contributed by atoms with E-state index in [9.17, 15) is 0 Å². The Bertz CT molecular complexity index is 559. The topological polar surface area (TPSA) is 12.9 Å². The molecule has 2 rings (SSSR count). The molecular formula is C19H23N. The van der Waals surface area contributed by atoms with E-state index in [0.29, 0.717) is 5.92 Å². The molecule has 1 aromatic carbocycles. The zero-order valence-electron chi connectivity index (χ0n) is 12.8. The van der Waals surface area contributed by atoms with E-state index in [-0.39, 0.29) is 5.41 Å². The fourth-order valence-corrected chi connectivity index (χ4v) is 2.09. The molecule has 0 radical (unpaired) electrons. The Morgan fingerprint density at radius 1 is 1.00 bits per heavy atom. The van der Waals surface area contributed by atoms with E-state index in [1.54, 1.807) is 0 Å². The number of pyridine rings is 1. The first-order chi connectivity index (χ1) is 9.47. The Kier molecular flexibility index (Phi) is 4.39. The molecule has 1 aromatic heterocycles. The Labute approximate surface area is 122 Å². The van der Waals surface area contributed by atoms with Crippen LogP contribution >= 0.6 is 0 Å². The van der Waals surface area contributed by atoms with Gasteiger partial charge >= 0.3 is 0 Å². The molecule has 0 amide bonds. The predicted molar refractivity (Wildman–Crippen MR) is 86.8 cm³/mol. The molecule has 0 spiro atoms. The summed E-state index contributed by atoms with van der Waals surface area (Å²) in [5, 5.41) is 0. The van der Waals surface area contributed by atoms with Gasteiger partial charge in [-0.15, -0.1) is 0 Å². The lowest BCUT2D eigenvalue weighted by atomic mass is 9.86. The monoisotopic (exact) mass is 265 g/mol. The Morgan fingerprint density at radius 3 is 2.25 bits per heavy atom. The molecule has 0 aliphatic carbocycles. The predicted octanol–water partition coefficient (Wildman–Crippen LogP) is 5.20. The van der Waals surface area contributed by atoms with Gasteiger partial charge in [0.25, 0.3) is 0 Å². The lowest BCUT2D eigenvalue weighted by Crippen LogP contribution is -2.10. The van der Waals surface area contributed by atoms with Gasteiger partial charge in [-0.3, -0.25) is 4.98 Å². The van der Waals surface area contributed by atoms with Crippen molar-refractivity contribution in [2.24, 2.45) is 0 Å². The van der Waals surface area contributed by atoms with Crippen LogP contribution in [0.15, 0.2) is 54.7 Å². The highest BCUT2D eigenvalue weighted by atomic mass is 14.7. The van der Waals surface area contributed by atoms with Crippen molar-refractivity contribution in [1.29, 1.82) is 0 Å². The minimum atomic E-state index is 0.212. The summed E-state index contributed by atoms with van der Waals surface area (Å²) in [4.78, 5) is 4.39. The average Bonchev–Trinajstić information content (AvgIpc) is 2.45. The fraction of sp³-hybridized carbons (Fsp3) is 0.316. The molecule has 0 aliphatic rings. The lowest BCUT2D eigenvalue weighted by Gasteiger charge is -2.18. The highest BCUT2D eigenvalue weighted by Gasteiger charge is 2.12. The van der Waals surface area contributed by atoms with Gasteiger partial charge in [0.05, 0.1) is 0 Å². The summed E-state index contributed by atoms with van der Waals surface area (Å²) in [6.07, 6.45) is 6.22. The summed E-state index contributed by atoms with van der Waals surface area (Å²) < 4.78 is 0. The first-order valence-electron chi connectivity index (χ1n) is 7.16. The Morgan fingerprint density at radius 2 is 1.70 bits per heavy atom. The van der Waals surface area contributed by atoms with Crippen molar-refractivity contribution in [3.05, 3.63) is 71.6 Å². The van der Waals surface area contributed by atoms with Crippen LogP contribution in [0.2, 0.25) is 0 Å². The number of rotatable bonds is 3. The van der Waals surface area contributed by atoms with Crippen LogP contribution in [0.3, 0.4) is 0 Å². The molecule has 0 saturated heterocycles. The second-order valence-electron chi connectivity index (χ2n) is 6.27. The van der Waals surface area contributed by atoms with Gasteiger partial charge in [0.1, 0.15) is 0 Å². The third kappa shape index (κ3) is 3.80. The van der Waals surface area contributed by atoms with Gasteiger partial charge in [-0.25, -0.2) is 0 Å². The maximum absolute atomic E-state index is 4.39. The van der Waals surface area contributed by atoms with Crippen LogP contribution in [0.4, 0.5) is 0 Å². The normalized spacial score (nSPS) is 13.6. The molecule has 1 nitrogen and oxygen atoms in total. The van der Waals surface area contributed by atoms with Crippen LogP contribution < -0.4 is 0 Å². The maximum atomic E-state index is 4.39. The van der Waals surface area contributed by atoms with Gasteiger partial charge < -0.3 is 0 Å². The molecule has 1 heterocycles. The first kappa shape index (κ1) is 14.5. The number of hydrogen-bond donors (Lipinski definition) is 0. The molecule has 0 fully saturated rings. The maximum Gasteiger partial charge on any atom is 0.0469 e. The quantitative estimate of drug-likeness (QED) is 0.743. The van der Waals surface area contributed by atoms with E-state index >= 15 is 0 Å². The summed E-state index contributed by atoms with van der Waals surface area (Å²) >= 11 is 0. The SMILES string of the molecule is CC(C=Cc1ccc(C(C)(C)C)cc1)c1ccccn1. The van der Waals surface area contributed by atoms with Crippen LogP contribution in [0.5, 0.6) is 0 Å². The Balaban J connectivity index is 2.08. The number of benzene rings is 1. The van der Waals surface area contributed by atoms with Crippen LogP contribution in [0, 0.1) is 0 Å². The van der Waals surface area contributed by atoms with Gasteiger partial charge in [0.2, 0.25) is 0 Å². The van der Waals surface area contributed by atoms with Crippen molar-refractivity contribution >= 4 is 6.08 Å². The first-order valence-corrected chi connectivity index (χ1v) is 7.16. The van der Waals surface area contributed by atoms with Crippen molar-refractivity contribution in [3.63, 3.8) is 0 Å². The van der Waals surface area contributed by atoms with E-state index in [2.05, 4.69) is 75.2 Å². The molecule has 1 unspecified atom stereocenters. The van der Waals surface area contributed by atoms with E-state index in [0.717, 1.165) is 5.69 Å². The van der Waals surface area contributed by atoms with Crippen molar-refractivity contribution in [3.8, 4) is 0 Å². The highest BCUT2D eigenvalue weighted by molar-refractivity contribution is 5.51. The minimum absolute atomic E-state index is 0.212. The molecule has 1 heteroatoms. The van der Waals surface area contributed by atoms with Gasteiger partial charge in [-0.2, -0.15) is 0 Å². The third-order valence-corrected chi connectivity index (χ3v) is 3.51. The van der Waals surface area contributed by atoms with Gasteiger partial charge in [-0.05, 0) is 28.7 Å². The third-order valence-electron chi connectivity index (χ3n) is 3.51. The van der Waals surface area contributed by atoms with Crippen molar-refractivity contribution in [1.82, 2.24) is 4.98 Å². The van der Waals surface area contributed by atoms with Crippen LogP contribution in [0.1, 0.15) is 50.4 Å². The highest BCUT2D eigenvalue weighted by Crippen LogP contribution is 2.23. The van der Waals surface area contributed by atoms with Gasteiger partial charge in [0, 0.05) is 17.8 Å². The molecule has 0 saturated carbocycles. The summed E-state index contributed by atoms with van der Waals surface area (Å²) in [6.45, 7) is 8.88. The van der Waals surface area contributed by atoms with E-state index in [1.807, 2.05) is 18.3 Å². The number of hydrogen-bond acceptors (Lipinski definition) is 1. The molecule has 0 bridgehead atoms. The van der Waals surface area contributed by atoms with Crippen molar-refractivity contribution in [2.75, 3.05) is 0 Å². The van der Waals surface area contributed by atoms with E-state index < -0.39 is 0 Å². The second kappa shape index (κ2) is 6.04. The summed E-state index contributed by atoms with van der Waals surface area (Å²) in [5.41, 5.74) is 3.92. The lowest BCUT2D eigenvalue weighted by molar-refractivity contribution is 0.590. The smallest absolute Gasteiger partial charge is 0.0469 e. The van der Waals surface area contributed by atoms with Gasteiger partial charge in [0.15, 0.2) is 0 Å². The number of aromatic nitrogens is 1. The summed E-state index contributed by atoms with van der Waals surface area (Å²) in [6, 6.07) is 14.8. The zero-order chi connectivity index (χ0) is 14.6. The molecule has 104 valence electrons. The second-order valence-corrected chi connectivity index (χ2v) is 6.27. The van der Waals surface area contributed by atoms with Crippen molar-refractivity contribution < 1.29 is 0 Å². The minimum Gasteiger partial charge on any atom is -0.261 e. The number of nitrogens with zero attached hydrogens (tertiary/aromatic N) is 1. The van der Waals surface area contributed by atoms with Crippen LogP contribution in [-0.2, 0) is 5.41 Å². The van der Waals surface area contributed by atoms with Crippen LogP contribution in [0.25, 0.3) is 6.08 Å². The fourth-order valence-electron chi connectivity index (χ4n) is 2.09. The largest absolute Gasteiger partial charge is 0.261 e. The molecule has 2 aromatic rings. The summed E-state index contributed by atoms with van der Waals surface area (Å²) in [7, 11) is 0. The van der Waals surface area contributed by atoms with E-state index in [4.69, 9.17) is 0 Å². The molecule has 0 aliphatic heterocycles.